The van der Waals surface area contributed by atoms with E-state index in [1.54, 1.807) is 0 Å². The van der Waals surface area contributed by atoms with Crippen molar-refractivity contribution in [1.29, 1.82) is 0 Å². The third-order valence-electron chi connectivity index (χ3n) is 3.18. The molecule has 0 aromatic rings. The summed E-state index contributed by atoms with van der Waals surface area (Å²) in [7, 11) is 0. The Morgan fingerprint density at radius 1 is 1.55 bits per heavy atom. The van der Waals surface area contributed by atoms with Crippen LogP contribution in [0.4, 0.5) is 0 Å². The van der Waals surface area contributed by atoms with E-state index in [9.17, 15) is 0 Å². The van der Waals surface area contributed by atoms with E-state index in [1.165, 1.54) is 6.42 Å². The van der Waals surface area contributed by atoms with Crippen LogP contribution in [0.15, 0.2) is 0 Å². The van der Waals surface area contributed by atoms with Gasteiger partial charge in [0.05, 0.1) is 12.2 Å². The van der Waals surface area contributed by atoms with Crippen molar-refractivity contribution >= 4 is 0 Å². The van der Waals surface area contributed by atoms with E-state index in [-0.39, 0.29) is 5.60 Å². The topological polar surface area (TPSA) is 21.3 Å². The maximum atomic E-state index is 5.69. The van der Waals surface area contributed by atoms with Gasteiger partial charge in [0.15, 0.2) is 0 Å². The lowest BCUT2D eigenvalue weighted by Crippen LogP contribution is -2.57. The Kier molecular flexibility index (Phi) is 1.69. The molecule has 2 heterocycles. The Bertz CT molecular complexity index is 150. The molecule has 0 aliphatic carbocycles. The highest BCUT2D eigenvalue weighted by atomic mass is 16.5. The summed E-state index contributed by atoms with van der Waals surface area (Å²) in [6, 6.07) is 0. The van der Waals surface area contributed by atoms with Crippen molar-refractivity contribution in [3.63, 3.8) is 0 Å². The van der Waals surface area contributed by atoms with Gasteiger partial charge in [0.2, 0.25) is 0 Å². The molecule has 11 heavy (non-hydrogen) atoms. The van der Waals surface area contributed by atoms with E-state index in [1.807, 2.05) is 0 Å². The second-order valence-electron chi connectivity index (χ2n) is 4.15. The van der Waals surface area contributed by atoms with Gasteiger partial charge in [0, 0.05) is 12.5 Å². The molecule has 2 fully saturated rings. The first kappa shape index (κ1) is 7.56. The molecule has 0 aromatic carbocycles. The van der Waals surface area contributed by atoms with Gasteiger partial charge >= 0.3 is 0 Å². The molecule has 1 N–H and O–H groups in total. The van der Waals surface area contributed by atoms with Crippen molar-refractivity contribution in [3.05, 3.63) is 0 Å². The second kappa shape index (κ2) is 2.46. The molecule has 2 atom stereocenters. The minimum Gasteiger partial charge on any atom is -0.373 e. The Hall–Kier alpha value is -0.0800. The van der Waals surface area contributed by atoms with Crippen LogP contribution in [0, 0.1) is 11.8 Å². The van der Waals surface area contributed by atoms with Crippen LogP contribution in [0.3, 0.4) is 0 Å². The average Bonchev–Trinajstić information content (AvgIpc) is 2.31. The summed E-state index contributed by atoms with van der Waals surface area (Å²) in [6.07, 6.45) is 1.22. The first-order valence-electron chi connectivity index (χ1n) is 4.59. The Morgan fingerprint density at radius 2 is 2.36 bits per heavy atom. The first-order valence-corrected chi connectivity index (χ1v) is 4.59. The fourth-order valence-corrected chi connectivity index (χ4v) is 2.34. The third-order valence-corrected chi connectivity index (χ3v) is 3.18. The molecule has 2 aliphatic heterocycles. The van der Waals surface area contributed by atoms with E-state index in [4.69, 9.17) is 4.74 Å². The number of hydrogen-bond acceptors (Lipinski definition) is 2. The molecule has 0 bridgehead atoms. The minimum absolute atomic E-state index is 0.244. The molecule has 2 heteroatoms. The number of rotatable bonds is 1. The van der Waals surface area contributed by atoms with Crippen molar-refractivity contribution in [2.24, 2.45) is 11.8 Å². The standard InChI is InChI=1S/C9H17NO/c1-7(2)8-5-11-9(8)3-4-10-6-9/h7-8,10H,3-6H2,1-2H3. The van der Waals surface area contributed by atoms with Crippen LogP contribution in [0.1, 0.15) is 20.3 Å². The zero-order chi connectivity index (χ0) is 7.90. The minimum atomic E-state index is 0.244. The fraction of sp³-hybridized carbons (Fsp3) is 1.00. The maximum absolute atomic E-state index is 5.69. The van der Waals surface area contributed by atoms with Gasteiger partial charge in [0.1, 0.15) is 0 Å². The largest absolute Gasteiger partial charge is 0.373 e. The van der Waals surface area contributed by atoms with E-state index in [0.717, 1.165) is 31.5 Å². The highest BCUT2D eigenvalue weighted by molar-refractivity contribution is 5.02. The molecule has 2 nitrogen and oxygen atoms in total. The molecule has 0 radical (unpaired) electrons. The molecular formula is C9H17NO. The zero-order valence-corrected chi connectivity index (χ0v) is 7.39. The predicted molar refractivity (Wildman–Crippen MR) is 44.5 cm³/mol. The summed E-state index contributed by atoms with van der Waals surface area (Å²) < 4.78 is 5.69. The Labute approximate surface area is 68.3 Å². The van der Waals surface area contributed by atoms with Gasteiger partial charge < -0.3 is 10.1 Å². The zero-order valence-electron chi connectivity index (χ0n) is 7.39. The molecule has 0 aromatic heterocycles. The maximum Gasteiger partial charge on any atom is 0.0870 e. The SMILES string of the molecule is CC(C)C1COC12CCNC2. The van der Waals surface area contributed by atoms with Crippen molar-refractivity contribution < 1.29 is 4.74 Å². The van der Waals surface area contributed by atoms with E-state index < -0.39 is 0 Å². The van der Waals surface area contributed by atoms with Gasteiger partial charge in [-0.25, -0.2) is 0 Å². The van der Waals surface area contributed by atoms with E-state index in [0.29, 0.717) is 0 Å². The summed E-state index contributed by atoms with van der Waals surface area (Å²) in [4.78, 5) is 0. The molecule has 2 unspecified atom stereocenters. The third kappa shape index (κ3) is 1.00. The van der Waals surface area contributed by atoms with Crippen molar-refractivity contribution in [2.75, 3.05) is 19.7 Å². The summed E-state index contributed by atoms with van der Waals surface area (Å²) in [5.41, 5.74) is 0.244. The molecule has 2 aliphatic rings. The van der Waals surface area contributed by atoms with Crippen LogP contribution < -0.4 is 5.32 Å². The molecule has 2 saturated heterocycles. The Morgan fingerprint density at radius 3 is 2.73 bits per heavy atom. The average molecular weight is 155 g/mol. The molecule has 64 valence electrons. The van der Waals surface area contributed by atoms with Gasteiger partial charge in [-0.1, -0.05) is 13.8 Å². The smallest absolute Gasteiger partial charge is 0.0870 e. The van der Waals surface area contributed by atoms with Gasteiger partial charge in [-0.2, -0.15) is 0 Å². The summed E-state index contributed by atoms with van der Waals surface area (Å²) in [6.45, 7) is 7.80. The van der Waals surface area contributed by atoms with Crippen LogP contribution in [0.2, 0.25) is 0 Å². The van der Waals surface area contributed by atoms with Crippen LogP contribution in [0.25, 0.3) is 0 Å². The van der Waals surface area contributed by atoms with E-state index in [2.05, 4.69) is 19.2 Å². The molecule has 1 spiro atoms. The second-order valence-corrected chi connectivity index (χ2v) is 4.15. The highest BCUT2D eigenvalue weighted by Gasteiger charge is 2.50. The lowest BCUT2D eigenvalue weighted by Gasteiger charge is -2.48. The predicted octanol–water partition coefficient (Wildman–Crippen LogP) is 1.02. The van der Waals surface area contributed by atoms with E-state index >= 15 is 0 Å². The lowest BCUT2D eigenvalue weighted by molar-refractivity contribution is -0.205. The van der Waals surface area contributed by atoms with Gasteiger partial charge in [-0.3, -0.25) is 0 Å². The summed E-state index contributed by atoms with van der Waals surface area (Å²) >= 11 is 0. The Balaban J connectivity index is 2.03. The quantitative estimate of drug-likeness (QED) is 0.610. The monoisotopic (exact) mass is 155 g/mol. The molecule has 0 saturated carbocycles. The highest BCUT2D eigenvalue weighted by Crippen LogP contribution is 2.42. The van der Waals surface area contributed by atoms with Crippen LogP contribution in [-0.2, 0) is 4.74 Å². The summed E-state index contributed by atoms with van der Waals surface area (Å²) in [5, 5.41) is 3.37. The number of ether oxygens (including phenoxy) is 1. The van der Waals surface area contributed by atoms with Gasteiger partial charge in [-0.05, 0) is 18.9 Å². The van der Waals surface area contributed by atoms with Gasteiger partial charge in [0.25, 0.3) is 0 Å². The molecular weight excluding hydrogens is 138 g/mol. The lowest BCUT2D eigenvalue weighted by atomic mass is 9.75. The first-order chi connectivity index (χ1) is 5.25. The number of nitrogens with one attached hydrogen (secondary N) is 1. The van der Waals surface area contributed by atoms with Crippen molar-refractivity contribution in [2.45, 2.75) is 25.9 Å². The van der Waals surface area contributed by atoms with Crippen molar-refractivity contribution in [3.8, 4) is 0 Å². The molecule has 2 rings (SSSR count). The van der Waals surface area contributed by atoms with Gasteiger partial charge in [-0.15, -0.1) is 0 Å². The summed E-state index contributed by atoms with van der Waals surface area (Å²) in [5.74, 6) is 1.58. The van der Waals surface area contributed by atoms with Crippen LogP contribution in [0.5, 0.6) is 0 Å². The van der Waals surface area contributed by atoms with Crippen LogP contribution in [-0.4, -0.2) is 25.3 Å². The van der Waals surface area contributed by atoms with Crippen LogP contribution >= 0.6 is 0 Å². The fourth-order valence-electron chi connectivity index (χ4n) is 2.34. The molecule has 0 amide bonds. The number of hydrogen-bond donors (Lipinski definition) is 1. The van der Waals surface area contributed by atoms with Crippen molar-refractivity contribution in [1.82, 2.24) is 5.32 Å². The normalized spacial score (nSPS) is 43.4.